The summed E-state index contributed by atoms with van der Waals surface area (Å²) in [4.78, 5) is 16.7. The molecule has 3 rings (SSSR count). The number of rotatable bonds is 8. The Hall–Kier alpha value is -2.93. The number of hydrogen-bond donors (Lipinski definition) is 0. The minimum Gasteiger partial charge on any atom is -0.493 e. The van der Waals surface area contributed by atoms with Crippen molar-refractivity contribution in [1.82, 2.24) is 9.80 Å². The van der Waals surface area contributed by atoms with Crippen molar-refractivity contribution in [2.75, 3.05) is 54.1 Å². The van der Waals surface area contributed by atoms with E-state index in [0.717, 1.165) is 30.0 Å². The van der Waals surface area contributed by atoms with Crippen molar-refractivity contribution in [3.8, 4) is 23.0 Å². The molecule has 0 radical (unpaired) electrons. The molecule has 1 aliphatic heterocycles. The van der Waals surface area contributed by atoms with Crippen molar-refractivity contribution in [2.45, 2.75) is 20.4 Å². The van der Waals surface area contributed by atoms with Gasteiger partial charge >= 0.3 is 0 Å². The fraction of sp³-hybridized carbons (Fsp3) is 0.458. The van der Waals surface area contributed by atoms with Crippen molar-refractivity contribution in [3.05, 3.63) is 47.0 Å². The highest BCUT2D eigenvalue weighted by Crippen LogP contribution is 2.40. The van der Waals surface area contributed by atoms with Crippen LogP contribution in [-0.4, -0.2) is 69.8 Å². The summed E-state index contributed by atoms with van der Waals surface area (Å²) in [6.07, 6.45) is 0. The number of amides is 1. The lowest BCUT2D eigenvalue weighted by Crippen LogP contribution is -2.49. The van der Waals surface area contributed by atoms with Crippen molar-refractivity contribution < 1.29 is 23.7 Å². The number of carbonyl (C=O) groups is 1. The molecule has 0 spiro atoms. The lowest BCUT2D eigenvalue weighted by atomic mass is 10.1. The summed E-state index contributed by atoms with van der Waals surface area (Å²) in [5.74, 6) is 2.67. The van der Waals surface area contributed by atoms with E-state index < -0.39 is 0 Å². The molecule has 0 aromatic heterocycles. The number of carbonyl (C=O) groups excluding carboxylic acids is 1. The van der Waals surface area contributed by atoms with E-state index in [1.54, 1.807) is 21.3 Å². The number of piperazine rings is 1. The Labute approximate surface area is 184 Å². The maximum Gasteiger partial charge on any atom is 0.260 e. The maximum atomic E-state index is 12.6. The van der Waals surface area contributed by atoms with Crippen LogP contribution in [0.3, 0.4) is 0 Å². The smallest absolute Gasteiger partial charge is 0.260 e. The first-order chi connectivity index (χ1) is 15.0. The van der Waals surface area contributed by atoms with Gasteiger partial charge in [-0.15, -0.1) is 0 Å². The molecule has 1 amide bonds. The Bertz CT molecular complexity index is 907. The van der Waals surface area contributed by atoms with Crippen LogP contribution in [0.2, 0.25) is 0 Å². The van der Waals surface area contributed by atoms with Crippen LogP contribution in [0.25, 0.3) is 0 Å². The molecule has 2 aromatic carbocycles. The first-order valence-electron chi connectivity index (χ1n) is 10.4. The summed E-state index contributed by atoms with van der Waals surface area (Å²) < 4.78 is 22.1. The zero-order valence-electron chi connectivity index (χ0n) is 19.1. The van der Waals surface area contributed by atoms with Gasteiger partial charge in [0.1, 0.15) is 5.75 Å². The molecule has 168 valence electrons. The summed E-state index contributed by atoms with van der Waals surface area (Å²) in [6.45, 7) is 7.78. The Morgan fingerprint density at radius 3 is 2.19 bits per heavy atom. The summed E-state index contributed by atoms with van der Waals surface area (Å²) >= 11 is 0. The average molecular weight is 429 g/mol. The molecule has 0 atom stereocenters. The van der Waals surface area contributed by atoms with Crippen LogP contribution < -0.4 is 18.9 Å². The molecule has 7 nitrogen and oxygen atoms in total. The molecular weight excluding hydrogens is 396 g/mol. The number of ether oxygens (including phenoxy) is 4. The van der Waals surface area contributed by atoms with Gasteiger partial charge in [0.25, 0.3) is 5.91 Å². The van der Waals surface area contributed by atoms with Gasteiger partial charge in [-0.3, -0.25) is 9.69 Å². The Morgan fingerprint density at radius 1 is 0.871 bits per heavy atom. The summed E-state index contributed by atoms with van der Waals surface area (Å²) in [7, 11) is 4.85. The minimum atomic E-state index is 0.0153. The van der Waals surface area contributed by atoms with Gasteiger partial charge in [0.2, 0.25) is 5.75 Å². The van der Waals surface area contributed by atoms with Gasteiger partial charge < -0.3 is 23.8 Å². The second-order valence-electron chi connectivity index (χ2n) is 7.69. The standard InChI is InChI=1S/C24H32N2O5/c1-17-6-8-20(14-18(17)2)31-16-22(27)26-12-10-25(11-13-26)15-19-7-9-21(28-3)24(30-5)23(19)29-4/h6-9,14H,10-13,15-16H2,1-5H3. The van der Waals surface area contributed by atoms with Gasteiger partial charge in [-0.05, 0) is 43.2 Å². The van der Waals surface area contributed by atoms with E-state index in [2.05, 4.69) is 11.8 Å². The van der Waals surface area contributed by atoms with Crippen LogP contribution in [0, 0.1) is 13.8 Å². The largest absolute Gasteiger partial charge is 0.493 e. The number of methoxy groups -OCH3 is 3. The second-order valence-corrected chi connectivity index (χ2v) is 7.69. The molecule has 0 bridgehead atoms. The Kier molecular flexibility index (Phi) is 7.63. The Morgan fingerprint density at radius 2 is 1.58 bits per heavy atom. The molecule has 1 fully saturated rings. The van der Waals surface area contributed by atoms with Crippen molar-refractivity contribution in [3.63, 3.8) is 0 Å². The minimum absolute atomic E-state index is 0.0153. The monoisotopic (exact) mass is 428 g/mol. The molecule has 7 heteroatoms. The topological polar surface area (TPSA) is 60.5 Å². The number of nitrogens with zero attached hydrogens (tertiary/aromatic N) is 2. The molecule has 1 heterocycles. The van der Waals surface area contributed by atoms with E-state index in [0.29, 0.717) is 36.9 Å². The molecule has 1 saturated heterocycles. The first-order valence-corrected chi connectivity index (χ1v) is 10.4. The van der Waals surface area contributed by atoms with Crippen LogP contribution in [-0.2, 0) is 11.3 Å². The summed E-state index contributed by atoms with van der Waals surface area (Å²) in [6, 6.07) is 9.77. The number of hydrogen-bond acceptors (Lipinski definition) is 6. The van der Waals surface area contributed by atoms with Crippen molar-refractivity contribution in [2.24, 2.45) is 0 Å². The van der Waals surface area contributed by atoms with E-state index in [4.69, 9.17) is 18.9 Å². The van der Waals surface area contributed by atoms with E-state index in [-0.39, 0.29) is 12.5 Å². The van der Waals surface area contributed by atoms with E-state index >= 15 is 0 Å². The van der Waals surface area contributed by atoms with E-state index in [9.17, 15) is 4.79 Å². The Balaban J connectivity index is 1.53. The zero-order chi connectivity index (χ0) is 22.4. The predicted molar refractivity (Wildman–Crippen MR) is 119 cm³/mol. The predicted octanol–water partition coefficient (Wildman–Crippen LogP) is 3.05. The lowest BCUT2D eigenvalue weighted by molar-refractivity contribution is -0.135. The normalized spacial score (nSPS) is 14.3. The van der Waals surface area contributed by atoms with Gasteiger partial charge in [-0.25, -0.2) is 0 Å². The number of benzene rings is 2. The van der Waals surface area contributed by atoms with Crippen LogP contribution >= 0.6 is 0 Å². The van der Waals surface area contributed by atoms with Gasteiger partial charge in [-0.1, -0.05) is 12.1 Å². The van der Waals surface area contributed by atoms with Gasteiger partial charge in [0.15, 0.2) is 18.1 Å². The average Bonchev–Trinajstić information content (AvgIpc) is 2.79. The third-order valence-corrected chi connectivity index (χ3v) is 5.75. The molecule has 0 N–H and O–H groups in total. The molecule has 0 saturated carbocycles. The molecule has 2 aromatic rings. The van der Waals surface area contributed by atoms with Crippen molar-refractivity contribution >= 4 is 5.91 Å². The molecule has 31 heavy (non-hydrogen) atoms. The van der Waals surface area contributed by atoms with Crippen LogP contribution in [0.5, 0.6) is 23.0 Å². The third-order valence-electron chi connectivity index (χ3n) is 5.75. The third kappa shape index (κ3) is 5.41. The summed E-state index contributed by atoms with van der Waals surface area (Å²) in [5, 5.41) is 0. The molecule has 0 unspecified atom stereocenters. The lowest BCUT2D eigenvalue weighted by Gasteiger charge is -2.35. The van der Waals surface area contributed by atoms with E-state index in [1.807, 2.05) is 42.2 Å². The maximum absolute atomic E-state index is 12.6. The zero-order valence-corrected chi connectivity index (χ0v) is 19.1. The fourth-order valence-corrected chi connectivity index (χ4v) is 3.72. The molecule has 0 aliphatic carbocycles. The van der Waals surface area contributed by atoms with Gasteiger partial charge in [0.05, 0.1) is 21.3 Å². The van der Waals surface area contributed by atoms with Crippen LogP contribution in [0.1, 0.15) is 16.7 Å². The fourth-order valence-electron chi connectivity index (χ4n) is 3.72. The summed E-state index contributed by atoms with van der Waals surface area (Å²) in [5.41, 5.74) is 3.39. The van der Waals surface area contributed by atoms with E-state index in [1.165, 1.54) is 5.56 Å². The van der Waals surface area contributed by atoms with Crippen LogP contribution in [0.15, 0.2) is 30.3 Å². The first kappa shape index (κ1) is 22.7. The second kappa shape index (κ2) is 10.4. The highest BCUT2D eigenvalue weighted by molar-refractivity contribution is 5.77. The van der Waals surface area contributed by atoms with Gasteiger partial charge in [0, 0.05) is 38.3 Å². The number of aryl methyl sites for hydroxylation is 2. The molecule has 1 aliphatic rings. The highest BCUT2D eigenvalue weighted by atomic mass is 16.5. The van der Waals surface area contributed by atoms with Crippen molar-refractivity contribution in [1.29, 1.82) is 0 Å². The highest BCUT2D eigenvalue weighted by Gasteiger charge is 2.23. The van der Waals surface area contributed by atoms with Crippen LogP contribution in [0.4, 0.5) is 0 Å². The molecular formula is C24H32N2O5. The van der Waals surface area contributed by atoms with Gasteiger partial charge in [-0.2, -0.15) is 0 Å². The SMILES string of the molecule is COc1ccc(CN2CCN(C(=O)COc3ccc(C)c(C)c3)CC2)c(OC)c1OC. The quantitative estimate of drug-likeness (QED) is 0.644.